The zero-order chi connectivity index (χ0) is 13.2. The lowest BCUT2D eigenvalue weighted by Gasteiger charge is -2.19. The van der Waals surface area contributed by atoms with E-state index in [1.165, 1.54) is 4.90 Å². The molecule has 0 bridgehead atoms. The molecule has 5 nitrogen and oxygen atoms in total. The van der Waals surface area contributed by atoms with Crippen LogP contribution in [-0.2, 0) is 11.8 Å². The summed E-state index contributed by atoms with van der Waals surface area (Å²) in [7, 11) is 3.29. The van der Waals surface area contributed by atoms with Crippen molar-refractivity contribution in [1.29, 1.82) is 0 Å². The average molecular weight is 259 g/mol. The number of aryl methyl sites for hydroxylation is 1. The molecular formula is C11H15ClN2O3. The van der Waals surface area contributed by atoms with Gasteiger partial charge in [-0.05, 0) is 6.07 Å². The van der Waals surface area contributed by atoms with Gasteiger partial charge < -0.3 is 14.6 Å². The molecule has 1 N–H and O–H groups in total. The Morgan fingerprint density at radius 3 is 2.59 bits per heavy atom. The fourth-order valence-electron chi connectivity index (χ4n) is 1.50. The standard InChI is InChI=1S/C11H15ClN2O3/c1-7(11(16)17)5-14(3)10(15)9-4-8(12)6-13(9)2/h4,6-7H,5H2,1-3H3,(H,16,17). The van der Waals surface area contributed by atoms with Crippen LogP contribution < -0.4 is 0 Å². The van der Waals surface area contributed by atoms with Crippen molar-refractivity contribution in [3.8, 4) is 0 Å². The SMILES string of the molecule is CC(CN(C)C(=O)c1cc(Cl)cn1C)C(=O)O. The molecular weight excluding hydrogens is 244 g/mol. The summed E-state index contributed by atoms with van der Waals surface area (Å²) < 4.78 is 1.62. The number of carboxylic acid groups (broad SMARTS) is 1. The Bertz CT molecular complexity index is 442. The molecule has 0 fully saturated rings. The van der Waals surface area contributed by atoms with Gasteiger partial charge in [0.15, 0.2) is 0 Å². The van der Waals surface area contributed by atoms with Gasteiger partial charge in [-0.1, -0.05) is 18.5 Å². The lowest BCUT2D eigenvalue weighted by atomic mass is 10.1. The highest BCUT2D eigenvalue weighted by molar-refractivity contribution is 6.31. The second-order valence-electron chi connectivity index (χ2n) is 4.08. The van der Waals surface area contributed by atoms with E-state index in [0.717, 1.165) is 0 Å². The van der Waals surface area contributed by atoms with Crippen LogP contribution in [-0.4, -0.2) is 40.0 Å². The van der Waals surface area contributed by atoms with Crippen molar-refractivity contribution < 1.29 is 14.7 Å². The number of carbonyl (C=O) groups is 2. The third-order valence-electron chi connectivity index (χ3n) is 2.51. The molecule has 1 aromatic heterocycles. The number of aliphatic carboxylic acids is 1. The number of halogens is 1. The molecule has 1 atom stereocenters. The monoisotopic (exact) mass is 258 g/mol. The summed E-state index contributed by atoms with van der Waals surface area (Å²) >= 11 is 5.78. The highest BCUT2D eigenvalue weighted by Gasteiger charge is 2.20. The minimum atomic E-state index is -0.922. The highest BCUT2D eigenvalue weighted by atomic mass is 35.5. The molecule has 1 rings (SSSR count). The van der Waals surface area contributed by atoms with Gasteiger partial charge in [0, 0.05) is 26.8 Å². The number of carboxylic acids is 1. The number of aromatic nitrogens is 1. The minimum Gasteiger partial charge on any atom is -0.481 e. The van der Waals surface area contributed by atoms with E-state index in [4.69, 9.17) is 16.7 Å². The minimum absolute atomic E-state index is 0.164. The van der Waals surface area contributed by atoms with Gasteiger partial charge in [-0.3, -0.25) is 9.59 Å². The van der Waals surface area contributed by atoms with Crippen molar-refractivity contribution in [3.05, 3.63) is 23.0 Å². The first-order chi connectivity index (χ1) is 7.82. The van der Waals surface area contributed by atoms with Gasteiger partial charge in [-0.15, -0.1) is 0 Å². The van der Waals surface area contributed by atoms with Crippen LogP contribution in [0.1, 0.15) is 17.4 Å². The van der Waals surface area contributed by atoms with Gasteiger partial charge in [-0.25, -0.2) is 0 Å². The van der Waals surface area contributed by atoms with Gasteiger partial charge in [0.2, 0.25) is 0 Å². The van der Waals surface area contributed by atoms with Crippen LogP contribution >= 0.6 is 11.6 Å². The molecule has 1 amide bonds. The molecule has 1 heterocycles. The lowest BCUT2D eigenvalue weighted by molar-refractivity contribution is -0.141. The van der Waals surface area contributed by atoms with Crippen molar-refractivity contribution in [1.82, 2.24) is 9.47 Å². The maximum atomic E-state index is 12.0. The highest BCUT2D eigenvalue weighted by Crippen LogP contribution is 2.14. The van der Waals surface area contributed by atoms with Crippen molar-refractivity contribution in [2.45, 2.75) is 6.92 Å². The van der Waals surface area contributed by atoms with E-state index < -0.39 is 11.9 Å². The van der Waals surface area contributed by atoms with Crippen LogP contribution in [0.15, 0.2) is 12.3 Å². The second-order valence-corrected chi connectivity index (χ2v) is 4.52. The van der Waals surface area contributed by atoms with E-state index in [1.54, 1.807) is 37.8 Å². The van der Waals surface area contributed by atoms with Gasteiger partial charge in [0.05, 0.1) is 10.9 Å². The Morgan fingerprint density at radius 2 is 2.18 bits per heavy atom. The van der Waals surface area contributed by atoms with Gasteiger partial charge in [-0.2, -0.15) is 0 Å². The number of carbonyl (C=O) groups excluding carboxylic acids is 1. The summed E-state index contributed by atoms with van der Waals surface area (Å²) in [5.74, 6) is -1.76. The fourth-order valence-corrected chi connectivity index (χ4v) is 1.75. The summed E-state index contributed by atoms with van der Waals surface area (Å²) in [6.45, 7) is 1.72. The maximum absolute atomic E-state index is 12.0. The summed E-state index contributed by atoms with van der Waals surface area (Å²) in [6, 6.07) is 1.56. The fraction of sp³-hybridized carbons (Fsp3) is 0.455. The molecule has 94 valence electrons. The molecule has 0 radical (unpaired) electrons. The molecule has 0 saturated heterocycles. The van der Waals surface area contributed by atoms with E-state index in [0.29, 0.717) is 10.7 Å². The van der Waals surface area contributed by atoms with Crippen molar-refractivity contribution >= 4 is 23.5 Å². The Balaban J connectivity index is 2.77. The molecule has 0 aromatic carbocycles. The van der Waals surface area contributed by atoms with Gasteiger partial charge in [0.1, 0.15) is 5.69 Å². The molecule has 0 saturated carbocycles. The van der Waals surface area contributed by atoms with Crippen molar-refractivity contribution in [2.24, 2.45) is 13.0 Å². The molecule has 6 heteroatoms. The summed E-state index contributed by atoms with van der Waals surface area (Å²) in [5.41, 5.74) is 0.440. The first-order valence-electron chi connectivity index (χ1n) is 5.13. The van der Waals surface area contributed by atoms with Crippen LogP contribution in [0.5, 0.6) is 0 Å². The summed E-state index contributed by atoms with van der Waals surface area (Å²) in [4.78, 5) is 24.1. The first-order valence-corrected chi connectivity index (χ1v) is 5.51. The number of amides is 1. The van der Waals surface area contributed by atoms with E-state index in [-0.39, 0.29) is 12.5 Å². The van der Waals surface area contributed by atoms with E-state index >= 15 is 0 Å². The van der Waals surface area contributed by atoms with Crippen LogP contribution in [0.25, 0.3) is 0 Å². The van der Waals surface area contributed by atoms with Crippen LogP contribution in [0.4, 0.5) is 0 Å². The molecule has 0 aliphatic carbocycles. The molecule has 0 aliphatic heterocycles. The Kier molecular flexibility index (Phi) is 4.17. The third-order valence-corrected chi connectivity index (χ3v) is 2.71. The Hall–Kier alpha value is -1.49. The number of hydrogen-bond acceptors (Lipinski definition) is 2. The lowest BCUT2D eigenvalue weighted by Crippen LogP contribution is -2.34. The Labute approximate surface area is 105 Å². The second kappa shape index (κ2) is 5.23. The first kappa shape index (κ1) is 13.6. The van der Waals surface area contributed by atoms with Crippen LogP contribution in [0.3, 0.4) is 0 Å². The number of hydrogen-bond donors (Lipinski definition) is 1. The average Bonchev–Trinajstić information content (AvgIpc) is 2.56. The maximum Gasteiger partial charge on any atom is 0.308 e. The third kappa shape index (κ3) is 3.23. The summed E-state index contributed by atoms with van der Waals surface area (Å²) in [6.07, 6.45) is 1.63. The predicted molar refractivity (Wildman–Crippen MR) is 64.2 cm³/mol. The topological polar surface area (TPSA) is 62.5 Å². The van der Waals surface area contributed by atoms with Crippen LogP contribution in [0, 0.1) is 5.92 Å². The van der Waals surface area contributed by atoms with Crippen LogP contribution in [0.2, 0.25) is 5.02 Å². The molecule has 1 aromatic rings. The largest absolute Gasteiger partial charge is 0.481 e. The van der Waals surface area contributed by atoms with E-state index in [2.05, 4.69) is 0 Å². The molecule has 17 heavy (non-hydrogen) atoms. The number of nitrogens with zero attached hydrogens (tertiary/aromatic N) is 2. The zero-order valence-corrected chi connectivity index (χ0v) is 10.7. The smallest absolute Gasteiger partial charge is 0.308 e. The normalized spacial score (nSPS) is 12.2. The zero-order valence-electron chi connectivity index (χ0n) is 9.98. The molecule has 0 aliphatic rings. The van der Waals surface area contributed by atoms with Crippen molar-refractivity contribution in [2.75, 3.05) is 13.6 Å². The Morgan fingerprint density at radius 1 is 1.59 bits per heavy atom. The summed E-state index contributed by atoms with van der Waals surface area (Å²) in [5, 5.41) is 9.26. The van der Waals surface area contributed by atoms with E-state index in [9.17, 15) is 9.59 Å². The number of rotatable bonds is 4. The van der Waals surface area contributed by atoms with Gasteiger partial charge in [0.25, 0.3) is 5.91 Å². The quantitative estimate of drug-likeness (QED) is 0.890. The molecule has 0 spiro atoms. The predicted octanol–water partition coefficient (Wildman–Crippen LogP) is 1.47. The van der Waals surface area contributed by atoms with Crippen molar-refractivity contribution in [3.63, 3.8) is 0 Å². The molecule has 1 unspecified atom stereocenters. The van der Waals surface area contributed by atoms with Gasteiger partial charge >= 0.3 is 5.97 Å². The van der Waals surface area contributed by atoms with E-state index in [1.807, 2.05) is 0 Å².